The van der Waals surface area contributed by atoms with Crippen LogP contribution in [0.15, 0.2) is 18.2 Å². The van der Waals surface area contributed by atoms with Crippen molar-refractivity contribution in [2.75, 3.05) is 13.1 Å². The van der Waals surface area contributed by atoms with Crippen molar-refractivity contribution in [1.29, 1.82) is 0 Å². The third-order valence-electron chi connectivity index (χ3n) is 2.97. The van der Waals surface area contributed by atoms with Crippen LogP contribution in [0.3, 0.4) is 0 Å². The Bertz CT molecular complexity index is 501. The van der Waals surface area contributed by atoms with Gasteiger partial charge in [0.1, 0.15) is 5.82 Å². The van der Waals surface area contributed by atoms with E-state index in [1.54, 1.807) is 0 Å². The Morgan fingerprint density at radius 1 is 1.37 bits per heavy atom. The second-order valence-electron chi connectivity index (χ2n) is 4.38. The Hall–Kier alpha value is -1.63. The van der Waals surface area contributed by atoms with Crippen LogP contribution in [-0.2, 0) is 6.18 Å². The van der Waals surface area contributed by atoms with Crippen molar-refractivity contribution >= 4 is 5.91 Å². The molecule has 0 aliphatic carbocycles. The molecule has 0 radical (unpaired) electrons. The number of rotatable bonds is 1. The normalized spacial score (nSPS) is 19.8. The molecule has 1 N–H and O–H groups in total. The van der Waals surface area contributed by atoms with Crippen molar-refractivity contribution < 1.29 is 27.5 Å². The lowest BCUT2D eigenvalue weighted by Gasteiger charge is -2.19. The maximum Gasteiger partial charge on any atom is 0.417 e. The predicted molar refractivity (Wildman–Crippen MR) is 57.9 cm³/mol. The molecule has 1 aliphatic rings. The maximum absolute atomic E-state index is 12.9. The average Bonchev–Trinajstić information content (AvgIpc) is 2.74. The summed E-state index contributed by atoms with van der Waals surface area (Å²) in [5, 5.41) is 9.29. The fraction of sp³-hybridized carbons (Fsp3) is 0.417. The highest BCUT2D eigenvalue weighted by atomic mass is 19.4. The van der Waals surface area contributed by atoms with E-state index in [4.69, 9.17) is 0 Å². The summed E-state index contributed by atoms with van der Waals surface area (Å²) in [5.41, 5.74) is -1.89. The molecule has 1 aliphatic heterocycles. The first kappa shape index (κ1) is 13.8. The lowest BCUT2D eigenvalue weighted by molar-refractivity contribution is -0.138. The Morgan fingerprint density at radius 3 is 2.58 bits per heavy atom. The van der Waals surface area contributed by atoms with Crippen molar-refractivity contribution in [1.82, 2.24) is 4.90 Å². The zero-order valence-corrected chi connectivity index (χ0v) is 9.75. The summed E-state index contributed by atoms with van der Waals surface area (Å²) in [5.74, 6) is -1.89. The van der Waals surface area contributed by atoms with Gasteiger partial charge in [0.15, 0.2) is 0 Å². The number of halogens is 4. The summed E-state index contributed by atoms with van der Waals surface area (Å²) in [6.07, 6.45) is -5.20. The predicted octanol–water partition coefficient (Wildman–Crippen LogP) is 2.05. The van der Waals surface area contributed by atoms with Crippen molar-refractivity contribution in [2.45, 2.75) is 18.7 Å². The highest BCUT2D eigenvalue weighted by Crippen LogP contribution is 2.33. The van der Waals surface area contributed by atoms with Crippen LogP contribution in [0.1, 0.15) is 22.3 Å². The van der Waals surface area contributed by atoms with Crippen LogP contribution < -0.4 is 0 Å². The lowest BCUT2D eigenvalue weighted by Crippen LogP contribution is -2.31. The number of β-amino-alcohol motifs (C(OH)–C–C–N with tert-alkyl or cyclic N) is 1. The summed E-state index contributed by atoms with van der Waals surface area (Å²) in [4.78, 5) is 13.1. The summed E-state index contributed by atoms with van der Waals surface area (Å²) in [7, 11) is 0. The minimum atomic E-state index is -4.80. The summed E-state index contributed by atoms with van der Waals surface area (Å²) in [6.45, 7) is 0.183. The number of carbonyl (C=O) groups is 1. The van der Waals surface area contributed by atoms with Gasteiger partial charge >= 0.3 is 6.18 Å². The third kappa shape index (κ3) is 2.86. The van der Waals surface area contributed by atoms with Crippen LogP contribution in [0.2, 0.25) is 0 Å². The molecule has 0 unspecified atom stereocenters. The number of benzene rings is 1. The maximum atomic E-state index is 12.9. The van der Waals surface area contributed by atoms with Gasteiger partial charge in [0.05, 0.1) is 17.2 Å². The molecule has 0 aromatic heterocycles. The first-order chi connectivity index (χ1) is 8.79. The lowest BCUT2D eigenvalue weighted by atomic mass is 10.1. The van der Waals surface area contributed by atoms with E-state index in [0.717, 1.165) is 17.0 Å². The molecule has 1 aromatic rings. The quantitative estimate of drug-likeness (QED) is 0.798. The van der Waals surface area contributed by atoms with Gasteiger partial charge in [-0.1, -0.05) is 0 Å². The number of amides is 1. The van der Waals surface area contributed by atoms with Crippen molar-refractivity contribution in [3.8, 4) is 0 Å². The molecule has 3 nitrogen and oxygen atoms in total. The fourth-order valence-electron chi connectivity index (χ4n) is 2.03. The molecule has 0 bridgehead atoms. The summed E-state index contributed by atoms with van der Waals surface area (Å²) in [6, 6.07) is 1.94. The van der Waals surface area contributed by atoms with E-state index in [9.17, 15) is 27.5 Å². The first-order valence-electron chi connectivity index (χ1n) is 5.63. The van der Waals surface area contributed by atoms with Crippen molar-refractivity contribution in [2.24, 2.45) is 0 Å². The van der Waals surface area contributed by atoms with Gasteiger partial charge in [-0.05, 0) is 24.6 Å². The van der Waals surface area contributed by atoms with E-state index in [1.165, 1.54) is 0 Å². The standard InChI is InChI=1S/C12H11F4NO2/c13-7-1-2-9(10(5-7)12(14,15)16)11(19)17-4-3-8(18)6-17/h1-2,5,8,18H,3-4,6H2/t8-/m1/s1. The molecule has 1 aromatic carbocycles. The average molecular weight is 277 g/mol. The molecule has 0 saturated carbocycles. The van der Waals surface area contributed by atoms with E-state index in [0.29, 0.717) is 12.5 Å². The molecule has 1 saturated heterocycles. The molecule has 1 fully saturated rings. The van der Waals surface area contributed by atoms with E-state index in [2.05, 4.69) is 0 Å². The largest absolute Gasteiger partial charge is 0.417 e. The highest BCUT2D eigenvalue weighted by molar-refractivity contribution is 5.96. The number of likely N-dealkylation sites (tertiary alicyclic amines) is 1. The number of aliphatic hydroxyl groups is 1. The van der Waals surface area contributed by atoms with Crippen LogP contribution in [0.25, 0.3) is 0 Å². The van der Waals surface area contributed by atoms with Gasteiger partial charge in [0.2, 0.25) is 0 Å². The highest BCUT2D eigenvalue weighted by Gasteiger charge is 2.37. The van der Waals surface area contributed by atoms with E-state index >= 15 is 0 Å². The molecular weight excluding hydrogens is 266 g/mol. The van der Waals surface area contributed by atoms with Gasteiger partial charge in [-0.3, -0.25) is 4.79 Å². The number of alkyl halides is 3. The topological polar surface area (TPSA) is 40.5 Å². The smallest absolute Gasteiger partial charge is 0.391 e. The number of aliphatic hydroxyl groups excluding tert-OH is 1. The van der Waals surface area contributed by atoms with E-state index in [1.807, 2.05) is 0 Å². The van der Waals surface area contributed by atoms with Crippen LogP contribution in [0.4, 0.5) is 17.6 Å². The summed E-state index contributed by atoms with van der Waals surface area (Å²) < 4.78 is 51.2. The van der Waals surface area contributed by atoms with Crippen molar-refractivity contribution in [3.05, 3.63) is 35.1 Å². The van der Waals surface area contributed by atoms with Crippen LogP contribution in [0.5, 0.6) is 0 Å². The number of nitrogens with zero attached hydrogens (tertiary/aromatic N) is 1. The Morgan fingerprint density at radius 2 is 2.05 bits per heavy atom. The Labute approximate surface area is 106 Å². The van der Waals surface area contributed by atoms with E-state index in [-0.39, 0.29) is 13.1 Å². The fourth-order valence-corrected chi connectivity index (χ4v) is 2.03. The number of hydrogen-bond donors (Lipinski definition) is 1. The van der Waals surface area contributed by atoms with Gasteiger partial charge in [-0.15, -0.1) is 0 Å². The Balaban J connectivity index is 2.36. The molecule has 104 valence electrons. The van der Waals surface area contributed by atoms with E-state index < -0.39 is 35.1 Å². The monoisotopic (exact) mass is 277 g/mol. The number of hydrogen-bond acceptors (Lipinski definition) is 2. The van der Waals surface area contributed by atoms with Crippen LogP contribution in [0, 0.1) is 5.82 Å². The molecule has 19 heavy (non-hydrogen) atoms. The molecule has 1 amide bonds. The Kier molecular flexibility index (Phi) is 3.49. The van der Waals surface area contributed by atoms with Gasteiger partial charge in [0.25, 0.3) is 5.91 Å². The molecular formula is C12H11F4NO2. The third-order valence-corrected chi connectivity index (χ3v) is 2.97. The minimum Gasteiger partial charge on any atom is -0.391 e. The van der Waals surface area contributed by atoms with Crippen LogP contribution >= 0.6 is 0 Å². The minimum absolute atomic E-state index is 0.00644. The van der Waals surface area contributed by atoms with Gasteiger partial charge in [-0.2, -0.15) is 13.2 Å². The second-order valence-corrected chi connectivity index (χ2v) is 4.38. The van der Waals surface area contributed by atoms with Crippen LogP contribution in [-0.4, -0.2) is 35.1 Å². The van der Waals surface area contributed by atoms with Gasteiger partial charge < -0.3 is 10.0 Å². The molecule has 2 rings (SSSR count). The molecule has 7 heteroatoms. The summed E-state index contributed by atoms with van der Waals surface area (Å²) >= 11 is 0. The first-order valence-corrected chi connectivity index (χ1v) is 5.63. The zero-order chi connectivity index (χ0) is 14.2. The molecule has 0 spiro atoms. The SMILES string of the molecule is O=C(c1ccc(F)cc1C(F)(F)F)N1CC[C@@H](O)C1. The van der Waals surface area contributed by atoms with Gasteiger partial charge in [0, 0.05) is 13.1 Å². The van der Waals surface area contributed by atoms with Gasteiger partial charge in [-0.25, -0.2) is 4.39 Å². The molecule has 1 heterocycles. The molecule has 1 atom stereocenters. The zero-order valence-electron chi connectivity index (χ0n) is 9.75. The van der Waals surface area contributed by atoms with Crippen molar-refractivity contribution in [3.63, 3.8) is 0 Å². The second kappa shape index (κ2) is 4.80. The number of carbonyl (C=O) groups excluding carboxylic acids is 1.